The number of ether oxygens (including phenoxy) is 1. The fraction of sp³-hybridized carbons (Fsp3) is 0.385. The lowest BCUT2D eigenvalue weighted by Crippen LogP contribution is -2.15. The number of hydrogen-bond acceptors (Lipinski definition) is 8. The summed E-state index contributed by atoms with van der Waals surface area (Å²) in [4.78, 5) is 19.3. The maximum absolute atomic E-state index is 5.57. The first-order valence-corrected chi connectivity index (χ1v) is 12.4. The van der Waals surface area contributed by atoms with Gasteiger partial charge in [0, 0.05) is 43.3 Å². The summed E-state index contributed by atoms with van der Waals surface area (Å²) in [5.41, 5.74) is 5.31. The van der Waals surface area contributed by atoms with E-state index in [4.69, 9.17) is 19.7 Å². The molecule has 184 valence electrons. The topological polar surface area (TPSA) is 108 Å². The van der Waals surface area contributed by atoms with Crippen LogP contribution in [0.25, 0.3) is 28.2 Å². The van der Waals surface area contributed by atoms with Crippen LogP contribution in [0.1, 0.15) is 49.8 Å². The SMILES string of the molecule is Cc1nnc2c(NC(C)C)nc(-c3nc4cnc(C5CCOCC5)cc4n3Cc3ccccn3)cn12. The van der Waals surface area contributed by atoms with E-state index in [1.165, 1.54) is 0 Å². The first-order chi connectivity index (χ1) is 17.6. The summed E-state index contributed by atoms with van der Waals surface area (Å²) in [7, 11) is 0. The minimum Gasteiger partial charge on any atom is -0.381 e. The molecule has 1 saturated heterocycles. The van der Waals surface area contributed by atoms with Crippen LogP contribution in [-0.4, -0.2) is 58.4 Å². The third-order valence-corrected chi connectivity index (χ3v) is 6.56. The summed E-state index contributed by atoms with van der Waals surface area (Å²) < 4.78 is 9.72. The first-order valence-electron chi connectivity index (χ1n) is 12.4. The molecule has 0 spiro atoms. The number of nitrogens with zero attached hydrogens (tertiary/aromatic N) is 8. The molecule has 0 atom stereocenters. The summed E-state index contributed by atoms with van der Waals surface area (Å²) in [6, 6.07) is 8.33. The van der Waals surface area contributed by atoms with Gasteiger partial charge in [-0.2, -0.15) is 0 Å². The van der Waals surface area contributed by atoms with Crippen LogP contribution in [0.5, 0.6) is 0 Å². The van der Waals surface area contributed by atoms with E-state index >= 15 is 0 Å². The second-order valence-corrected chi connectivity index (χ2v) is 9.54. The molecule has 1 N–H and O–H groups in total. The molecule has 10 nitrogen and oxygen atoms in total. The van der Waals surface area contributed by atoms with Crippen molar-refractivity contribution >= 4 is 22.5 Å². The average Bonchev–Trinajstić information content (AvgIpc) is 3.45. The maximum atomic E-state index is 5.57. The van der Waals surface area contributed by atoms with Crippen molar-refractivity contribution in [2.24, 2.45) is 0 Å². The quantitative estimate of drug-likeness (QED) is 0.386. The molecule has 1 aliphatic rings. The normalized spacial score (nSPS) is 14.8. The molecule has 5 aromatic rings. The Morgan fingerprint density at radius 2 is 1.97 bits per heavy atom. The lowest BCUT2D eigenvalue weighted by atomic mass is 9.96. The molecule has 0 radical (unpaired) electrons. The van der Waals surface area contributed by atoms with E-state index in [1.54, 1.807) is 0 Å². The van der Waals surface area contributed by atoms with Gasteiger partial charge in [-0.05, 0) is 51.8 Å². The maximum Gasteiger partial charge on any atom is 0.203 e. The number of nitrogens with one attached hydrogen (secondary N) is 1. The second-order valence-electron chi connectivity index (χ2n) is 9.54. The van der Waals surface area contributed by atoms with Crippen LogP contribution in [0.3, 0.4) is 0 Å². The highest BCUT2D eigenvalue weighted by Crippen LogP contribution is 2.31. The van der Waals surface area contributed by atoms with Gasteiger partial charge < -0.3 is 14.6 Å². The van der Waals surface area contributed by atoms with Crippen molar-refractivity contribution in [2.45, 2.75) is 52.1 Å². The van der Waals surface area contributed by atoms with Gasteiger partial charge in [0.25, 0.3) is 0 Å². The lowest BCUT2D eigenvalue weighted by molar-refractivity contribution is 0.0845. The summed E-state index contributed by atoms with van der Waals surface area (Å²) in [6.45, 7) is 8.21. The molecule has 6 rings (SSSR count). The Balaban J connectivity index is 1.54. The largest absolute Gasteiger partial charge is 0.381 e. The van der Waals surface area contributed by atoms with Gasteiger partial charge in [0.2, 0.25) is 5.65 Å². The van der Waals surface area contributed by atoms with Crippen molar-refractivity contribution in [1.82, 2.24) is 39.1 Å². The van der Waals surface area contributed by atoms with Gasteiger partial charge in [0.05, 0.1) is 24.0 Å². The molecular weight excluding hydrogens is 454 g/mol. The number of aromatic nitrogens is 8. The zero-order chi connectivity index (χ0) is 24.6. The minimum absolute atomic E-state index is 0.187. The molecule has 0 bridgehead atoms. The van der Waals surface area contributed by atoms with Crippen LogP contribution in [0.2, 0.25) is 0 Å². The van der Waals surface area contributed by atoms with Crippen LogP contribution in [-0.2, 0) is 11.3 Å². The van der Waals surface area contributed by atoms with Crippen LogP contribution in [0.4, 0.5) is 5.82 Å². The summed E-state index contributed by atoms with van der Waals surface area (Å²) >= 11 is 0. The second kappa shape index (κ2) is 9.27. The Morgan fingerprint density at radius 3 is 2.75 bits per heavy atom. The van der Waals surface area contributed by atoms with E-state index in [0.29, 0.717) is 23.9 Å². The average molecular weight is 484 g/mol. The van der Waals surface area contributed by atoms with Gasteiger partial charge in [-0.25, -0.2) is 9.97 Å². The zero-order valence-electron chi connectivity index (χ0n) is 20.7. The molecule has 0 amide bonds. The van der Waals surface area contributed by atoms with Gasteiger partial charge in [-0.15, -0.1) is 10.2 Å². The number of pyridine rings is 2. The van der Waals surface area contributed by atoms with Gasteiger partial charge in [0.15, 0.2) is 11.6 Å². The highest BCUT2D eigenvalue weighted by atomic mass is 16.5. The third kappa shape index (κ3) is 4.17. The Bertz CT molecular complexity index is 1520. The molecule has 0 aliphatic carbocycles. The monoisotopic (exact) mass is 483 g/mol. The van der Waals surface area contributed by atoms with Crippen molar-refractivity contribution in [1.29, 1.82) is 0 Å². The third-order valence-electron chi connectivity index (χ3n) is 6.56. The van der Waals surface area contributed by atoms with E-state index in [2.05, 4.69) is 45.0 Å². The highest BCUT2D eigenvalue weighted by molar-refractivity contribution is 5.80. The smallest absolute Gasteiger partial charge is 0.203 e. The number of imidazole rings is 1. The number of anilines is 1. The van der Waals surface area contributed by atoms with Crippen LogP contribution < -0.4 is 5.32 Å². The molecule has 0 aromatic carbocycles. The van der Waals surface area contributed by atoms with Crippen molar-refractivity contribution in [3.8, 4) is 11.5 Å². The Kier molecular flexibility index (Phi) is 5.80. The first kappa shape index (κ1) is 22.5. The molecule has 0 saturated carbocycles. The Hall–Kier alpha value is -3.92. The molecule has 5 aromatic heterocycles. The van der Waals surface area contributed by atoms with E-state index in [9.17, 15) is 0 Å². The summed E-state index contributed by atoms with van der Waals surface area (Å²) in [6.07, 6.45) is 7.62. The number of rotatable bonds is 6. The number of fused-ring (bicyclic) bond motifs is 2. The van der Waals surface area contributed by atoms with Crippen LogP contribution >= 0.6 is 0 Å². The van der Waals surface area contributed by atoms with Gasteiger partial charge in [0.1, 0.15) is 17.0 Å². The molecular formula is C26H29N9O. The predicted molar refractivity (Wildman–Crippen MR) is 137 cm³/mol. The zero-order valence-corrected chi connectivity index (χ0v) is 20.7. The standard InChI is InChI=1S/C26H29N9O/c1-16(2)29-24-26-33-32-17(3)34(26)15-22(30-24)25-31-21-13-28-20(18-7-10-36-11-8-18)12-23(21)35(25)14-19-6-4-5-9-27-19/h4-6,9,12-13,15-16,18H,7-8,10-11,14H2,1-3H3,(H,29,30). The molecule has 1 fully saturated rings. The Labute approximate surface area is 208 Å². The van der Waals surface area contributed by atoms with Crippen molar-refractivity contribution in [3.63, 3.8) is 0 Å². The Morgan fingerprint density at radius 1 is 1.11 bits per heavy atom. The van der Waals surface area contributed by atoms with Crippen molar-refractivity contribution in [2.75, 3.05) is 18.5 Å². The van der Waals surface area contributed by atoms with Crippen LogP contribution in [0.15, 0.2) is 42.9 Å². The van der Waals surface area contributed by atoms with Gasteiger partial charge >= 0.3 is 0 Å². The van der Waals surface area contributed by atoms with Crippen LogP contribution in [0, 0.1) is 6.92 Å². The van der Waals surface area contributed by atoms with E-state index < -0.39 is 0 Å². The summed E-state index contributed by atoms with van der Waals surface area (Å²) in [5.74, 6) is 2.61. The molecule has 0 unspecified atom stereocenters. The lowest BCUT2D eigenvalue weighted by Gasteiger charge is -2.21. The van der Waals surface area contributed by atoms with Crippen molar-refractivity contribution in [3.05, 3.63) is 60.1 Å². The van der Waals surface area contributed by atoms with E-state index in [1.807, 2.05) is 48.1 Å². The van der Waals surface area contributed by atoms with E-state index in [-0.39, 0.29) is 6.04 Å². The van der Waals surface area contributed by atoms with Gasteiger partial charge in [-0.3, -0.25) is 14.4 Å². The molecule has 1 aliphatic heterocycles. The number of aryl methyl sites for hydroxylation is 1. The number of hydrogen-bond donors (Lipinski definition) is 1. The van der Waals surface area contributed by atoms with Gasteiger partial charge in [-0.1, -0.05) is 6.07 Å². The minimum atomic E-state index is 0.187. The fourth-order valence-electron chi connectivity index (χ4n) is 4.75. The fourth-order valence-corrected chi connectivity index (χ4v) is 4.75. The predicted octanol–water partition coefficient (Wildman–Crippen LogP) is 4.00. The summed E-state index contributed by atoms with van der Waals surface area (Å²) in [5, 5.41) is 12.0. The molecule has 36 heavy (non-hydrogen) atoms. The highest BCUT2D eigenvalue weighted by Gasteiger charge is 2.22. The molecule has 6 heterocycles. The molecule has 10 heteroatoms. The van der Waals surface area contributed by atoms with E-state index in [0.717, 1.165) is 65.8 Å². The van der Waals surface area contributed by atoms with Crippen molar-refractivity contribution < 1.29 is 4.74 Å².